The number of hydrogen-bond acceptors (Lipinski definition) is 3. The first kappa shape index (κ1) is 16.0. The summed E-state index contributed by atoms with van der Waals surface area (Å²) in [7, 11) is 1.49. The van der Waals surface area contributed by atoms with E-state index in [1.54, 1.807) is 24.3 Å². The van der Waals surface area contributed by atoms with Crippen LogP contribution in [0.25, 0.3) is 0 Å². The number of carbonyl (C=O) groups excluding carboxylic acids is 1. The standard InChI is InChI=1S/C15H21NO4/c1-3-4-9-20-12-7-5-11(6-8-12)13(15(18)19)10-14(17)16-2/h5-8,13H,3-4,9-10H2,1-2H3,(H,16,17)(H,18,19). The normalized spacial score (nSPS) is 11.7. The summed E-state index contributed by atoms with van der Waals surface area (Å²) in [4.78, 5) is 22.6. The number of aliphatic carboxylic acids is 1. The highest BCUT2D eigenvalue weighted by Gasteiger charge is 2.22. The number of amides is 1. The Bertz CT molecular complexity index is 442. The molecule has 0 heterocycles. The van der Waals surface area contributed by atoms with Gasteiger partial charge < -0.3 is 15.2 Å². The summed E-state index contributed by atoms with van der Waals surface area (Å²) in [6.45, 7) is 2.74. The van der Waals surface area contributed by atoms with Gasteiger partial charge in [-0.2, -0.15) is 0 Å². The van der Waals surface area contributed by atoms with E-state index >= 15 is 0 Å². The largest absolute Gasteiger partial charge is 0.494 e. The molecule has 0 radical (unpaired) electrons. The molecule has 1 amide bonds. The first-order valence-electron chi connectivity index (χ1n) is 6.74. The van der Waals surface area contributed by atoms with Gasteiger partial charge in [-0.1, -0.05) is 25.5 Å². The minimum Gasteiger partial charge on any atom is -0.494 e. The van der Waals surface area contributed by atoms with Crippen molar-refractivity contribution < 1.29 is 19.4 Å². The van der Waals surface area contributed by atoms with E-state index in [-0.39, 0.29) is 12.3 Å². The van der Waals surface area contributed by atoms with Gasteiger partial charge in [0.05, 0.1) is 12.5 Å². The molecule has 0 bridgehead atoms. The van der Waals surface area contributed by atoms with Gasteiger partial charge in [-0.05, 0) is 24.1 Å². The lowest BCUT2D eigenvalue weighted by Gasteiger charge is -2.13. The van der Waals surface area contributed by atoms with Gasteiger partial charge in [-0.15, -0.1) is 0 Å². The van der Waals surface area contributed by atoms with Crippen LogP contribution in [0.4, 0.5) is 0 Å². The molecular formula is C15H21NO4. The van der Waals surface area contributed by atoms with Crippen LogP contribution < -0.4 is 10.1 Å². The Hall–Kier alpha value is -2.04. The van der Waals surface area contributed by atoms with Gasteiger partial charge in [0.25, 0.3) is 0 Å². The molecule has 0 aliphatic heterocycles. The molecule has 5 nitrogen and oxygen atoms in total. The Labute approximate surface area is 118 Å². The van der Waals surface area contributed by atoms with Crippen LogP contribution >= 0.6 is 0 Å². The smallest absolute Gasteiger partial charge is 0.311 e. The summed E-state index contributed by atoms with van der Waals surface area (Å²) < 4.78 is 5.52. The van der Waals surface area contributed by atoms with E-state index in [4.69, 9.17) is 4.74 Å². The van der Waals surface area contributed by atoms with Gasteiger partial charge in [0.15, 0.2) is 0 Å². The third-order valence-electron chi connectivity index (χ3n) is 3.02. The van der Waals surface area contributed by atoms with E-state index in [1.165, 1.54) is 7.05 Å². The van der Waals surface area contributed by atoms with Crippen molar-refractivity contribution in [3.8, 4) is 5.75 Å². The van der Waals surface area contributed by atoms with Crippen molar-refractivity contribution in [1.29, 1.82) is 0 Å². The first-order valence-corrected chi connectivity index (χ1v) is 6.74. The predicted molar refractivity (Wildman–Crippen MR) is 75.9 cm³/mol. The molecule has 5 heteroatoms. The van der Waals surface area contributed by atoms with Crippen molar-refractivity contribution in [2.45, 2.75) is 32.1 Å². The summed E-state index contributed by atoms with van der Waals surface area (Å²) in [6.07, 6.45) is 1.98. The van der Waals surface area contributed by atoms with Crippen molar-refractivity contribution in [3.05, 3.63) is 29.8 Å². The van der Waals surface area contributed by atoms with Crippen molar-refractivity contribution in [2.75, 3.05) is 13.7 Å². The molecule has 1 aromatic rings. The van der Waals surface area contributed by atoms with Gasteiger partial charge in [-0.3, -0.25) is 9.59 Å². The highest BCUT2D eigenvalue weighted by Crippen LogP contribution is 2.23. The van der Waals surface area contributed by atoms with Gasteiger partial charge in [0.1, 0.15) is 5.75 Å². The molecule has 0 fully saturated rings. The molecule has 1 aromatic carbocycles. The fourth-order valence-corrected chi connectivity index (χ4v) is 1.77. The zero-order valence-electron chi connectivity index (χ0n) is 11.9. The van der Waals surface area contributed by atoms with E-state index in [9.17, 15) is 14.7 Å². The number of rotatable bonds is 8. The second-order valence-electron chi connectivity index (χ2n) is 4.54. The average Bonchev–Trinajstić information content (AvgIpc) is 2.45. The highest BCUT2D eigenvalue weighted by atomic mass is 16.5. The molecule has 20 heavy (non-hydrogen) atoms. The SMILES string of the molecule is CCCCOc1ccc(C(CC(=O)NC)C(=O)O)cc1. The average molecular weight is 279 g/mol. The number of benzene rings is 1. The maximum atomic E-state index is 11.3. The Kier molecular flexibility index (Phi) is 6.56. The second kappa shape index (κ2) is 8.19. The molecule has 1 unspecified atom stereocenters. The topological polar surface area (TPSA) is 75.6 Å². The predicted octanol–water partition coefficient (Wildman–Crippen LogP) is 2.17. The quantitative estimate of drug-likeness (QED) is 0.715. The van der Waals surface area contributed by atoms with Gasteiger partial charge in [0, 0.05) is 13.5 Å². The van der Waals surface area contributed by atoms with Crippen molar-refractivity contribution in [2.24, 2.45) is 0 Å². The van der Waals surface area contributed by atoms with Crippen LogP contribution in [-0.2, 0) is 9.59 Å². The monoisotopic (exact) mass is 279 g/mol. The third kappa shape index (κ3) is 4.91. The summed E-state index contributed by atoms with van der Waals surface area (Å²) in [5, 5.41) is 11.6. The molecule has 0 aliphatic rings. The Morgan fingerprint density at radius 2 is 1.95 bits per heavy atom. The summed E-state index contributed by atoms with van der Waals surface area (Å²) >= 11 is 0. The highest BCUT2D eigenvalue weighted by molar-refractivity contribution is 5.85. The second-order valence-corrected chi connectivity index (χ2v) is 4.54. The van der Waals surface area contributed by atoms with Crippen molar-refractivity contribution >= 4 is 11.9 Å². The molecule has 0 spiro atoms. The zero-order valence-corrected chi connectivity index (χ0v) is 11.9. The van der Waals surface area contributed by atoms with Gasteiger partial charge in [-0.25, -0.2) is 0 Å². The van der Waals surface area contributed by atoms with E-state index in [1.807, 2.05) is 0 Å². The molecule has 110 valence electrons. The minimum absolute atomic E-state index is 0.0676. The number of carboxylic acid groups (broad SMARTS) is 1. The Morgan fingerprint density at radius 3 is 2.45 bits per heavy atom. The molecule has 0 aliphatic carbocycles. The third-order valence-corrected chi connectivity index (χ3v) is 3.02. The van der Waals surface area contributed by atoms with E-state index in [2.05, 4.69) is 12.2 Å². The zero-order chi connectivity index (χ0) is 15.0. The molecule has 0 saturated carbocycles. The summed E-state index contributed by atoms with van der Waals surface area (Å²) in [6, 6.07) is 6.88. The fraction of sp³-hybridized carbons (Fsp3) is 0.467. The number of unbranched alkanes of at least 4 members (excludes halogenated alkanes) is 1. The fourth-order valence-electron chi connectivity index (χ4n) is 1.77. The number of hydrogen-bond donors (Lipinski definition) is 2. The molecule has 1 atom stereocenters. The van der Waals surface area contributed by atoms with Crippen LogP contribution in [-0.4, -0.2) is 30.6 Å². The van der Waals surface area contributed by atoms with Crippen molar-refractivity contribution in [1.82, 2.24) is 5.32 Å². The van der Waals surface area contributed by atoms with E-state index in [0.29, 0.717) is 17.9 Å². The van der Waals surface area contributed by atoms with Gasteiger partial charge in [0.2, 0.25) is 5.91 Å². The summed E-state index contributed by atoms with van der Waals surface area (Å²) in [5.41, 5.74) is 0.601. The van der Waals surface area contributed by atoms with Crippen LogP contribution in [0, 0.1) is 0 Å². The van der Waals surface area contributed by atoms with Crippen LogP contribution in [0.2, 0.25) is 0 Å². The maximum absolute atomic E-state index is 11.3. The first-order chi connectivity index (χ1) is 9.58. The van der Waals surface area contributed by atoms with Crippen LogP contribution in [0.3, 0.4) is 0 Å². The number of ether oxygens (including phenoxy) is 1. The van der Waals surface area contributed by atoms with Crippen LogP contribution in [0.15, 0.2) is 24.3 Å². The van der Waals surface area contributed by atoms with Gasteiger partial charge >= 0.3 is 5.97 Å². The number of carboxylic acids is 1. The molecule has 1 rings (SSSR count). The van der Waals surface area contributed by atoms with E-state index < -0.39 is 11.9 Å². The lowest BCUT2D eigenvalue weighted by atomic mass is 9.95. The lowest BCUT2D eigenvalue weighted by molar-refractivity contribution is -0.140. The molecule has 2 N–H and O–H groups in total. The summed E-state index contributed by atoms with van der Waals surface area (Å²) in [5.74, 6) is -1.42. The van der Waals surface area contributed by atoms with E-state index in [0.717, 1.165) is 12.8 Å². The molecule has 0 saturated heterocycles. The lowest BCUT2D eigenvalue weighted by Crippen LogP contribution is -2.24. The van der Waals surface area contributed by atoms with Crippen molar-refractivity contribution in [3.63, 3.8) is 0 Å². The molecule has 0 aromatic heterocycles. The van der Waals surface area contributed by atoms with Crippen LogP contribution in [0.1, 0.15) is 37.7 Å². The number of carbonyl (C=O) groups is 2. The molecular weight excluding hydrogens is 258 g/mol. The number of nitrogens with one attached hydrogen (secondary N) is 1. The maximum Gasteiger partial charge on any atom is 0.311 e. The Morgan fingerprint density at radius 1 is 1.30 bits per heavy atom. The Balaban J connectivity index is 2.72. The van der Waals surface area contributed by atoms with Crippen LogP contribution in [0.5, 0.6) is 5.75 Å². The minimum atomic E-state index is -1.01.